The molecular formula is C11H21NS. The van der Waals surface area contributed by atoms with E-state index in [-0.39, 0.29) is 0 Å². The summed E-state index contributed by atoms with van der Waals surface area (Å²) < 4.78 is 0. The van der Waals surface area contributed by atoms with Gasteiger partial charge in [0.1, 0.15) is 0 Å². The van der Waals surface area contributed by atoms with Crippen LogP contribution in [0.15, 0.2) is 0 Å². The van der Waals surface area contributed by atoms with Crippen LogP contribution in [0.4, 0.5) is 0 Å². The van der Waals surface area contributed by atoms with Gasteiger partial charge in [-0.15, -0.1) is 0 Å². The van der Waals surface area contributed by atoms with E-state index >= 15 is 0 Å². The van der Waals surface area contributed by atoms with Crippen LogP contribution in [0.5, 0.6) is 0 Å². The van der Waals surface area contributed by atoms with Gasteiger partial charge in [-0.2, -0.15) is 12.6 Å². The number of hydrogen-bond acceptors (Lipinski definition) is 2. The fraction of sp³-hybridized carbons (Fsp3) is 1.00. The molecule has 1 atom stereocenters. The SMILES string of the molecule is CC1CCCCN1CC1(CS)CC1. The minimum absolute atomic E-state index is 0.620. The average molecular weight is 199 g/mol. The lowest BCUT2D eigenvalue weighted by Crippen LogP contribution is -2.41. The van der Waals surface area contributed by atoms with Gasteiger partial charge in [-0.25, -0.2) is 0 Å². The monoisotopic (exact) mass is 199 g/mol. The molecule has 0 bridgehead atoms. The van der Waals surface area contributed by atoms with Crippen LogP contribution in [-0.2, 0) is 0 Å². The molecule has 1 aliphatic carbocycles. The van der Waals surface area contributed by atoms with E-state index in [9.17, 15) is 0 Å². The lowest BCUT2D eigenvalue weighted by molar-refractivity contribution is 0.135. The van der Waals surface area contributed by atoms with Gasteiger partial charge >= 0.3 is 0 Å². The molecule has 0 amide bonds. The minimum atomic E-state index is 0.620. The van der Waals surface area contributed by atoms with Crippen LogP contribution in [0, 0.1) is 5.41 Å². The van der Waals surface area contributed by atoms with Crippen molar-refractivity contribution in [1.29, 1.82) is 0 Å². The van der Waals surface area contributed by atoms with Crippen molar-refractivity contribution >= 4 is 12.6 Å². The van der Waals surface area contributed by atoms with Gasteiger partial charge in [0.25, 0.3) is 0 Å². The Balaban J connectivity index is 1.85. The first-order chi connectivity index (χ1) is 6.26. The second-order valence-corrected chi connectivity index (χ2v) is 5.29. The summed E-state index contributed by atoms with van der Waals surface area (Å²) in [5.74, 6) is 1.09. The molecule has 13 heavy (non-hydrogen) atoms. The molecule has 2 rings (SSSR count). The standard InChI is InChI=1S/C11H21NS/c1-10-4-2-3-7-12(10)8-11(9-13)5-6-11/h10,13H,2-9H2,1H3. The van der Waals surface area contributed by atoms with Crippen molar-refractivity contribution in [3.8, 4) is 0 Å². The molecule has 0 aromatic rings. The van der Waals surface area contributed by atoms with E-state index in [0.717, 1.165) is 11.8 Å². The number of piperidine rings is 1. The predicted octanol–water partition coefficient (Wildman–Crippen LogP) is 2.57. The smallest absolute Gasteiger partial charge is 0.00671 e. The minimum Gasteiger partial charge on any atom is -0.300 e. The van der Waals surface area contributed by atoms with E-state index in [1.165, 1.54) is 45.2 Å². The molecule has 0 radical (unpaired) electrons. The Morgan fingerprint density at radius 2 is 2.15 bits per heavy atom. The van der Waals surface area contributed by atoms with Crippen molar-refractivity contribution in [2.24, 2.45) is 5.41 Å². The van der Waals surface area contributed by atoms with Crippen LogP contribution >= 0.6 is 12.6 Å². The summed E-state index contributed by atoms with van der Waals surface area (Å²) in [4.78, 5) is 2.69. The molecule has 1 aliphatic heterocycles. The van der Waals surface area contributed by atoms with E-state index in [1.807, 2.05) is 0 Å². The van der Waals surface area contributed by atoms with Crippen molar-refractivity contribution in [2.45, 2.75) is 45.1 Å². The Morgan fingerprint density at radius 1 is 1.38 bits per heavy atom. The highest BCUT2D eigenvalue weighted by atomic mass is 32.1. The summed E-state index contributed by atoms with van der Waals surface area (Å²) in [5.41, 5.74) is 0.620. The van der Waals surface area contributed by atoms with E-state index in [2.05, 4.69) is 24.5 Å². The second kappa shape index (κ2) is 3.82. The fourth-order valence-corrected chi connectivity index (χ4v) is 2.78. The maximum absolute atomic E-state index is 4.47. The molecule has 2 aliphatic rings. The van der Waals surface area contributed by atoms with Gasteiger partial charge in [0, 0.05) is 12.6 Å². The van der Waals surface area contributed by atoms with Crippen molar-refractivity contribution in [3.63, 3.8) is 0 Å². The van der Waals surface area contributed by atoms with Gasteiger partial charge in [0.05, 0.1) is 0 Å². The summed E-state index contributed by atoms with van der Waals surface area (Å²) in [6, 6.07) is 0.825. The molecule has 1 unspecified atom stereocenters. The fourth-order valence-electron chi connectivity index (χ4n) is 2.37. The summed E-state index contributed by atoms with van der Waals surface area (Å²) in [6.45, 7) is 5.03. The Morgan fingerprint density at radius 3 is 2.69 bits per heavy atom. The van der Waals surface area contributed by atoms with Crippen LogP contribution in [-0.4, -0.2) is 29.8 Å². The number of nitrogens with zero attached hydrogens (tertiary/aromatic N) is 1. The molecule has 2 heteroatoms. The quantitative estimate of drug-likeness (QED) is 0.684. The average Bonchev–Trinajstić information content (AvgIpc) is 2.90. The van der Waals surface area contributed by atoms with Crippen LogP contribution in [0.3, 0.4) is 0 Å². The zero-order chi connectivity index (χ0) is 9.31. The van der Waals surface area contributed by atoms with Crippen LogP contribution in [0.2, 0.25) is 0 Å². The van der Waals surface area contributed by atoms with E-state index < -0.39 is 0 Å². The predicted molar refractivity (Wildman–Crippen MR) is 60.4 cm³/mol. The highest BCUT2D eigenvalue weighted by molar-refractivity contribution is 7.80. The third kappa shape index (κ3) is 2.21. The summed E-state index contributed by atoms with van der Waals surface area (Å²) in [6.07, 6.45) is 7.08. The van der Waals surface area contributed by atoms with Crippen molar-refractivity contribution < 1.29 is 0 Å². The number of thiol groups is 1. The number of hydrogen-bond donors (Lipinski definition) is 1. The Labute approximate surface area is 87.3 Å². The molecule has 0 N–H and O–H groups in total. The van der Waals surface area contributed by atoms with Gasteiger partial charge < -0.3 is 4.90 Å². The van der Waals surface area contributed by atoms with Gasteiger partial charge in [0.2, 0.25) is 0 Å². The summed E-state index contributed by atoms with van der Waals surface area (Å²) >= 11 is 4.47. The van der Waals surface area contributed by atoms with Crippen molar-refractivity contribution in [3.05, 3.63) is 0 Å². The zero-order valence-electron chi connectivity index (χ0n) is 8.63. The lowest BCUT2D eigenvalue weighted by atomic mass is 10.0. The maximum atomic E-state index is 4.47. The second-order valence-electron chi connectivity index (χ2n) is 4.97. The van der Waals surface area contributed by atoms with Crippen molar-refractivity contribution in [1.82, 2.24) is 4.90 Å². The van der Waals surface area contributed by atoms with Gasteiger partial charge in [0.15, 0.2) is 0 Å². The molecule has 0 aromatic heterocycles. The highest BCUT2D eigenvalue weighted by Crippen LogP contribution is 2.47. The van der Waals surface area contributed by atoms with Crippen LogP contribution in [0.25, 0.3) is 0 Å². The lowest BCUT2D eigenvalue weighted by Gasteiger charge is -2.35. The Bertz CT molecular complexity index is 177. The van der Waals surface area contributed by atoms with E-state index in [1.54, 1.807) is 0 Å². The molecule has 76 valence electrons. The normalized spacial score (nSPS) is 33.2. The molecule has 0 spiro atoms. The highest BCUT2D eigenvalue weighted by Gasteiger charge is 2.43. The summed E-state index contributed by atoms with van der Waals surface area (Å²) in [5, 5.41) is 0. The van der Waals surface area contributed by atoms with Crippen LogP contribution in [0.1, 0.15) is 39.0 Å². The molecule has 2 fully saturated rings. The molecule has 1 heterocycles. The van der Waals surface area contributed by atoms with Gasteiger partial charge in [-0.1, -0.05) is 6.42 Å². The first kappa shape index (κ1) is 9.85. The largest absolute Gasteiger partial charge is 0.300 e. The first-order valence-corrected chi connectivity index (χ1v) is 6.24. The Hall–Kier alpha value is 0.310. The topological polar surface area (TPSA) is 3.24 Å². The molecular weight excluding hydrogens is 178 g/mol. The first-order valence-electron chi connectivity index (χ1n) is 5.61. The molecule has 0 aromatic carbocycles. The molecule has 1 nitrogen and oxygen atoms in total. The molecule has 1 saturated carbocycles. The van der Waals surface area contributed by atoms with Crippen molar-refractivity contribution in [2.75, 3.05) is 18.8 Å². The zero-order valence-corrected chi connectivity index (χ0v) is 9.52. The van der Waals surface area contributed by atoms with Crippen LogP contribution < -0.4 is 0 Å². The summed E-state index contributed by atoms with van der Waals surface area (Å²) in [7, 11) is 0. The number of likely N-dealkylation sites (tertiary alicyclic amines) is 1. The molecule has 1 saturated heterocycles. The van der Waals surface area contributed by atoms with E-state index in [0.29, 0.717) is 5.41 Å². The third-order valence-corrected chi connectivity index (χ3v) is 4.44. The van der Waals surface area contributed by atoms with Gasteiger partial charge in [-0.3, -0.25) is 0 Å². The van der Waals surface area contributed by atoms with Gasteiger partial charge in [-0.05, 0) is 50.3 Å². The third-order valence-electron chi connectivity index (χ3n) is 3.77. The maximum Gasteiger partial charge on any atom is 0.00671 e. The van der Waals surface area contributed by atoms with E-state index in [4.69, 9.17) is 0 Å². The number of rotatable bonds is 3. The Kier molecular flexibility index (Phi) is 2.89.